The SMILES string of the molecule is COc1cccc(CNC(=O)CSc2nc3ccsc3c(=O)n2-c2ccc(C)cc2C)c1. The van der Waals surface area contributed by atoms with E-state index < -0.39 is 0 Å². The standard InChI is InChI=1S/C24H23N3O3S2/c1-15-7-8-20(16(2)11-15)27-23(29)22-19(9-10-31-22)26-24(27)32-14-21(28)25-13-17-5-4-6-18(12-17)30-3/h4-12H,13-14H2,1-3H3,(H,25,28). The summed E-state index contributed by atoms with van der Waals surface area (Å²) < 4.78 is 7.45. The van der Waals surface area contributed by atoms with Crippen molar-refractivity contribution in [1.29, 1.82) is 0 Å². The van der Waals surface area contributed by atoms with Gasteiger partial charge in [0.15, 0.2) is 5.16 Å². The molecule has 0 radical (unpaired) electrons. The number of amides is 1. The Kier molecular flexibility index (Phi) is 6.62. The molecule has 0 aliphatic heterocycles. The first-order chi connectivity index (χ1) is 15.5. The average molecular weight is 466 g/mol. The van der Waals surface area contributed by atoms with E-state index in [2.05, 4.69) is 10.3 Å². The van der Waals surface area contributed by atoms with Crippen molar-refractivity contribution in [3.05, 3.63) is 81.0 Å². The first-order valence-corrected chi connectivity index (χ1v) is 11.9. The normalized spacial score (nSPS) is 11.0. The monoisotopic (exact) mass is 465 g/mol. The van der Waals surface area contributed by atoms with Crippen LogP contribution in [0.4, 0.5) is 0 Å². The molecule has 2 aromatic carbocycles. The largest absolute Gasteiger partial charge is 0.497 e. The molecule has 0 aliphatic rings. The van der Waals surface area contributed by atoms with Gasteiger partial charge in [-0.15, -0.1) is 11.3 Å². The number of aromatic nitrogens is 2. The number of benzene rings is 2. The minimum absolute atomic E-state index is 0.115. The number of aryl methyl sites for hydroxylation is 2. The molecule has 1 amide bonds. The van der Waals surface area contributed by atoms with Crippen molar-refractivity contribution in [2.75, 3.05) is 12.9 Å². The van der Waals surface area contributed by atoms with E-state index in [1.807, 2.05) is 67.8 Å². The van der Waals surface area contributed by atoms with Crippen LogP contribution in [0.2, 0.25) is 0 Å². The van der Waals surface area contributed by atoms with E-state index in [-0.39, 0.29) is 17.2 Å². The molecule has 0 bridgehead atoms. The van der Waals surface area contributed by atoms with Gasteiger partial charge in [0.25, 0.3) is 5.56 Å². The molecule has 1 N–H and O–H groups in total. The minimum Gasteiger partial charge on any atom is -0.497 e. The van der Waals surface area contributed by atoms with E-state index in [0.29, 0.717) is 21.9 Å². The first-order valence-electron chi connectivity index (χ1n) is 10.1. The molecule has 6 nitrogen and oxygen atoms in total. The maximum atomic E-state index is 13.3. The second-order valence-corrected chi connectivity index (χ2v) is 9.24. The molecular formula is C24H23N3O3S2. The second-order valence-electron chi connectivity index (χ2n) is 7.38. The van der Waals surface area contributed by atoms with E-state index >= 15 is 0 Å². The number of nitrogens with zero attached hydrogens (tertiary/aromatic N) is 2. The van der Waals surface area contributed by atoms with E-state index in [9.17, 15) is 9.59 Å². The second kappa shape index (κ2) is 9.58. The first kappa shape index (κ1) is 22.1. The van der Waals surface area contributed by atoms with E-state index in [1.165, 1.54) is 23.1 Å². The van der Waals surface area contributed by atoms with Crippen molar-refractivity contribution >= 4 is 39.2 Å². The smallest absolute Gasteiger partial charge is 0.276 e. The molecule has 0 saturated carbocycles. The highest BCUT2D eigenvalue weighted by molar-refractivity contribution is 7.99. The quantitative estimate of drug-likeness (QED) is 0.322. The van der Waals surface area contributed by atoms with Gasteiger partial charge in [-0.1, -0.05) is 41.6 Å². The maximum absolute atomic E-state index is 13.3. The molecule has 32 heavy (non-hydrogen) atoms. The molecule has 0 saturated heterocycles. The Hall–Kier alpha value is -3.10. The van der Waals surface area contributed by atoms with Crippen LogP contribution in [0.3, 0.4) is 0 Å². The molecule has 4 aromatic rings. The van der Waals surface area contributed by atoms with Gasteiger partial charge in [-0.05, 0) is 54.6 Å². The van der Waals surface area contributed by atoms with Crippen LogP contribution in [0.25, 0.3) is 15.9 Å². The van der Waals surface area contributed by atoms with E-state index in [1.54, 1.807) is 11.7 Å². The number of carbonyl (C=O) groups is 1. The third-order valence-electron chi connectivity index (χ3n) is 5.00. The Morgan fingerprint density at radius 1 is 1.19 bits per heavy atom. The average Bonchev–Trinajstić information content (AvgIpc) is 3.26. The molecule has 0 spiro atoms. The zero-order valence-electron chi connectivity index (χ0n) is 18.0. The van der Waals surface area contributed by atoms with Gasteiger partial charge in [0.1, 0.15) is 10.4 Å². The summed E-state index contributed by atoms with van der Waals surface area (Å²) in [5.74, 6) is 0.762. The molecule has 0 unspecified atom stereocenters. The van der Waals surface area contributed by atoms with Crippen LogP contribution in [0.15, 0.2) is 63.9 Å². The molecule has 0 atom stereocenters. The van der Waals surface area contributed by atoms with E-state index in [4.69, 9.17) is 4.74 Å². The van der Waals surface area contributed by atoms with Gasteiger partial charge in [0.2, 0.25) is 5.91 Å². The third-order valence-corrected chi connectivity index (χ3v) is 6.83. The molecule has 8 heteroatoms. The zero-order chi connectivity index (χ0) is 22.7. The van der Waals surface area contributed by atoms with Gasteiger partial charge >= 0.3 is 0 Å². The molecule has 4 rings (SSSR count). The van der Waals surface area contributed by atoms with Crippen LogP contribution in [0, 0.1) is 13.8 Å². The summed E-state index contributed by atoms with van der Waals surface area (Å²) in [6.07, 6.45) is 0. The van der Waals surface area contributed by atoms with Crippen LogP contribution in [-0.4, -0.2) is 28.3 Å². The Morgan fingerprint density at radius 3 is 2.81 bits per heavy atom. The lowest BCUT2D eigenvalue weighted by Gasteiger charge is -2.14. The Morgan fingerprint density at radius 2 is 2.03 bits per heavy atom. The van der Waals surface area contributed by atoms with Gasteiger partial charge in [0, 0.05) is 6.54 Å². The van der Waals surface area contributed by atoms with Crippen molar-refractivity contribution in [2.24, 2.45) is 0 Å². The summed E-state index contributed by atoms with van der Waals surface area (Å²) in [7, 11) is 1.61. The highest BCUT2D eigenvalue weighted by atomic mass is 32.2. The highest BCUT2D eigenvalue weighted by Crippen LogP contribution is 2.25. The summed E-state index contributed by atoms with van der Waals surface area (Å²) in [6.45, 7) is 4.39. The molecular weight excluding hydrogens is 442 g/mol. The number of fused-ring (bicyclic) bond motifs is 1. The fourth-order valence-electron chi connectivity index (χ4n) is 3.42. The summed E-state index contributed by atoms with van der Waals surface area (Å²) in [5.41, 5.74) is 4.37. The van der Waals surface area contributed by atoms with Crippen LogP contribution in [0.5, 0.6) is 5.75 Å². The van der Waals surface area contributed by atoms with Crippen molar-refractivity contribution in [2.45, 2.75) is 25.5 Å². The lowest BCUT2D eigenvalue weighted by atomic mass is 10.1. The predicted molar refractivity (Wildman–Crippen MR) is 130 cm³/mol. The number of nitrogens with one attached hydrogen (secondary N) is 1. The number of thioether (sulfide) groups is 1. The molecule has 2 heterocycles. The lowest BCUT2D eigenvalue weighted by Crippen LogP contribution is -2.26. The van der Waals surface area contributed by atoms with Crippen molar-refractivity contribution in [3.63, 3.8) is 0 Å². The number of hydrogen-bond donors (Lipinski definition) is 1. The fraction of sp³-hybridized carbons (Fsp3) is 0.208. The molecule has 0 aliphatic carbocycles. The topological polar surface area (TPSA) is 73.2 Å². The zero-order valence-corrected chi connectivity index (χ0v) is 19.7. The van der Waals surface area contributed by atoms with Crippen molar-refractivity contribution in [1.82, 2.24) is 14.9 Å². The Balaban J connectivity index is 1.57. The van der Waals surface area contributed by atoms with E-state index in [0.717, 1.165) is 28.1 Å². The molecule has 0 fully saturated rings. The number of carbonyl (C=O) groups excluding carboxylic acids is 1. The number of methoxy groups -OCH3 is 1. The Bertz CT molecular complexity index is 1340. The van der Waals surface area contributed by atoms with Crippen molar-refractivity contribution < 1.29 is 9.53 Å². The highest BCUT2D eigenvalue weighted by Gasteiger charge is 2.17. The number of thiophene rings is 1. The summed E-state index contributed by atoms with van der Waals surface area (Å²) >= 11 is 2.64. The van der Waals surface area contributed by atoms with Gasteiger partial charge in [0.05, 0.1) is 24.1 Å². The van der Waals surface area contributed by atoms with Gasteiger partial charge in [-0.2, -0.15) is 0 Å². The number of ether oxygens (including phenoxy) is 1. The molecule has 2 aromatic heterocycles. The van der Waals surface area contributed by atoms with Crippen LogP contribution >= 0.6 is 23.1 Å². The van der Waals surface area contributed by atoms with Crippen LogP contribution in [0.1, 0.15) is 16.7 Å². The van der Waals surface area contributed by atoms with Gasteiger partial charge < -0.3 is 10.1 Å². The van der Waals surface area contributed by atoms with Gasteiger partial charge in [-0.3, -0.25) is 14.2 Å². The van der Waals surface area contributed by atoms with Crippen molar-refractivity contribution in [3.8, 4) is 11.4 Å². The fourth-order valence-corrected chi connectivity index (χ4v) is 5.02. The summed E-state index contributed by atoms with van der Waals surface area (Å²) in [4.78, 5) is 30.5. The minimum atomic E-state index is -0.135. The number of hydrogen-bond acceptors (Lipinski definition) is 6. The lowest BCUT2D eigenvalue weighted by molar-refractivity contribution is -0.118. The van der Waals surface area contributed by atoms with Crippen LogP contribution in [-0.2, 0) is 11.3 Å². The van der Waals surface area contributed by atoms with Gasteiger partial charge in [-0.25, -0.2) is 4.98 Å². The van der Waals surface area contributed by atoms with Crippen LogP contribution < -0.4 is 15.6 Å². The maximum Gasteiger partial charge on any atom is 0.276 e. The Labute approximate surface area is 194 Å². The third kappa shape index (κ3) is 4.71. The predicted octanol–water partition coefficient (Wildman–Crippen LogP) is 4.48. The summed E-state index contributed by atoms with van der Waals surface area (Å²) in [5, 5.41) is 5.28. The molecule has 164 valence electrons. The number of rotatable bonds is 7. The summed E-state index contributed by atoms with van der Waals surface area (Å²) in [6, 6.07) is 15.3.